The minimum absolute atomic E-state index is 0.0411. The fourth-order valence-corrected chi connectivity index (χ4v) is 2.59. The van der Waals surface area contributed by atoms with Crippen LogP contribution in [0.4, 0.5) is 4.79 Å². The van der Waals surface area contributed by atoms with Crippen molar-refractivity contribution < 1.29 is 14.3 Å². The number of aromatic nitrogens is 1. The van der Waals surface area contributed by atoms with Gasteiger partial charge in [-0.15, -0.1) is 0 Å². The van der Waals surface area contributed by atoms with Gasteiger partial charge in [0.05, 0.1) is 6.04 Å². The van der Waals surface area contributed by atoms with E-state index in [9.17, 15) is 4.79 Å². The highest BCUT2D eigenvalue weighted by molar-refractivity contribution is 9.10. The Morgan fingerprint density at radius 2 is 2.14 bits per heavy atom. The van der Waals surface area contributed by atoms with Gasteiger partial charge in [-0.2, -0.15) is 0 Å². The number of rotatable bonds is 2. The van der Waals surface area contributed by atoms with Crippen LogP contribution in [-0.4, -0.2) is 40.3 Å². The summed E-state index contributed by atoms with van der Waals surface area (Å²) < 4.78 is 12.0. The number of carbonyl (C=O) groups excluding carboxylic acids is 1. The van der Waals surface area contributed by atoms with Crippen LogP contribution in [0.3, 0.4) is 0 Å². The summed E-state index contributed by atoms with van der Waals surface area (Å²) >= 11 is 3.32. The summed E-state index contributed by atoms with van der Waals surface area (Å²) in [7, 11) is 0. The summed E-state index contributed by atoms with van der Waals surface area (Å²) in [4.78, 5) is 18.1. The summed E-state index contributed by atoms with van der Waals surface area (Å²) in [6, 6.07) is 5.49. The molecule has 2 heterocycles. The van der Waals surface area contributed by atoms with Gasteiger partial charge in [0, 0.05) is 19.0 Å². The van der Waals surface area contributed by atoms with E-state index in [2.05, 4.69) is 20.9 Å². The van der Waals surface area contributed by atoms with E-state index in [-0.39, 0.29) is 18.2 Å². The second-order valence-corrected chi connectivity index (χ2v) is 6.97. The second-order valence-electron chi connectivity index (χ2n) is 6.16. The maximum Gasteiger partial charge on any atom is 0.410 e. The van der Waals surface area contributed by atoms with Gasteiger partial charge >= 0.3 is 6.09 Å². The van der Waals surface area contributed by atoms with Gasteiger partial charge in [-0.3, -0.25) is 0 Å². The zero-order chi connectivity index (χ0) is 15.6. The Kier molecular flexibility index (Phi) is 4.76. The Hall–Kier alpha value is -1.30. The van der Waals surface area contributed by atoms with Crippen molar-refractivity contribution in [3.8, 4) is 5.88 Å². The zero-order valence-electron chi connectivity index (χ0n) is 12.8. The number of carbonyl (C=O) groups is 1. The molecule has 5 nitrogen and oxygen atoms in total. The highest BCUT2D eigenvalue weighted by Gasteiger charge is 2.37. The molecule has 0 aliphatic carbocycles. The monoisotopic (exact) mass is 356 g/mol. The van der Waals surface area contributed by atoms with Gasteiger partial charge in [0.25, 0.3) is 0 Å². The highest BCUT2D eigenvalue weighted by atomic mass is 79.9. The smallest absolute Gasteiger partial charge is 0.410 e. The maximum atomic E-state index is 12.1. The van der Waals surface area contributed by atoms with Crippen molar-refractivity contribution in [1.82, 2.24) is 9.88 Å². The molecule has 0 saturated carbocycles. The molecule has 2 atom stereocenters. The Labute approximate surface area is 133 Å². The third-order valence-electron chi connectivity index (χ3n) is 3.27. The van der Waals surface area contributed by atoms with E-state index in [4.69, 9.17) is 9.47 Å². The van der Waals surface area contributed by atoms with Crippen molar-refractivity contribution in [2.45, 2.75) is 51.9 Å². The molecule has 0 N–H and O–H groups in total. The standard InChI is InChI=1S/C15H21BrN2O3/c1-10-11(20-13-7-5-6-12(16)17-13)8-9-18(10)14(19)21-15(2,3)4/h5-7,10-11H,8-9H2,1-4H3/t10-,11-/m0/s1. The predicted octanol–water partition coefficient (Wildman–Crippen LogP) is 3.62. The molecule has 0 radical (unpaired) electrons. The lowest BCUT2D eigenvalue weighted by atomic mass is 10.2. The average molecular weight is 357 g/mol. The molecule has 0 unspecified atom stereocenters. The molecule has 1 amide bonds. The molecular formula is C15H21BrN2O3. The minimum atomic E-state index is -0.485. The van der Waals surface area contributed by atoms with E-state index >= 15 is 0 Å². The summed E-state index contributed by atoms with van der Waals surface area (Å²) in [5.74, 6) is 0.562. The fourth-order valence-electron chi connectivity index (χ4n) is 2.26. The number of pyridine rings is 1. The van der Waals surface area contributed by atoms with Crippen LogP contribution in [0.2, 0.25) is 0 Å². The number of halogens is 1. The van der Waals surface area contributed by atoms with Crippen LogP contribution in [0.1, 0.15) is 34.1 Å². The van der Waals surface area contributed by atoms with Gasteiger partial charge in [-0.05, 0) is 49.7 Å². The zero-order valence-corrected chi connectivity index (χ0v) is 14.4. The third kappa shape index (κ3) is 4.33. The molecule has 1 aliphatic rings. The van der Waals surface area contributed by atoms with Gasteiger partial charge in [-0.1, -0.05) is 6.07 Å². The first-order valence-electron chi connectivity index (χ1n) is 7.05. The first-order chi connectivity index (χ1) is 9.76. The molecule has 0 aromatic carbocycles. The van der Waals surface area contributed by atoms with E-state index in [1.54, 1.807) is 4.90 Å². The fraction of sp³-hybridized carbons (Fsp3) is 0.600. The highest BCUT2D eigenvalue weighted by Crippen LogP contribution is 2.25. The molecule has 1 aromatic rings. The molecular weight excluding hydrogens is 336 g/mol. The number of ether oxygens (including phenoxy) is 2. The number of hydrogen-bond acceptors (Lipinski definition) is 4. The molecule has 1 saturated heterocycles. The lowest BCUT2D eigenvalue weighted by Gasteiger charge is -2.28. The van der Waals surface area contributed by atoms with Crippen molar-refractivity contribution in [2.75, 3.05) is 6.54 Å². The van der Waals surface area contributed by atoms with Crippen LogP contribution < -0.4 is 4.74 Å². The Bertz CT molecular complexity index is 516. The molecule has 1 aromatic heterocycles. The van der Waals surface area contributed by atoms with Gasteiger partial charge in [0.15, 0.2) is 0 Å². The average Bonchev–Trinajstić information content (AvgIpc) is 2.69. The van der Waals surface area contributed by atoms with Gasteiger partial charge in [0.2, 0.25) is 5.88 Å². The normalized spacial score (nSPS) is 22.2. The molecule has 0 bridgehead atoms. The summed E-state index contributed by atoms with van der Waals surface area (Å²) in [6.07, 6.45) is 0.414. The third-order valence-corrected chi connectivity index (χ3v) is 3.72. The van der Waals surface area contributed by atoms with E-state index in [0.29, 0.717) is 12.4 Å². The van der Waals surface area contributed by atoms with Gasteiger partial charge in [0.1, 0.15) is 16.3 Å². The van der Waals surface area contributed by atoms with Crippen LogP contribution >= 0.6 is 15.9 Å². The minimum Gasteiger partial charge on any atom is -0.472 e. The Morgan fingerprint density at radius 3 is 2.76 bits per heavy atom. The van der Waals surface area contributed by atoms with Crippen molar-refractivity contribution in [1.29, 1.82) is 0 Å². The number of amides is 1. The largest absolute Gasteiger partial charge is 0.472 e. The van der Waals surface area contributed by atoms with E-state index in [1.165, 1.54) is 0 Å². The number of likely N-dealkylation sites (tertiary alicyclic amines) is 1. The Balaban J connectivity index is 1.98. The molecule has 116 valence electrons. The molecule has 0 spiro atoms. The van der Waals surface area contributed by atoms with E-state index in [1.807, 2.05) is 45.9 Å². The summed E-state index contributed by atoms with van der Waals surface area (Å²) in [6.45, 7) is 8.20. The maximum absolute atomic E-state index is 12.1. The summed E-state index contributed by atoms with van der Waals surface area (Å²) in [5.41, 5.74) is -0.485. The van der Waals surface area contributed by atoms with Crippen molar-refractivity contribution in [2.24, 2.45) is 0 Å². The van der Waals surface area contributed by atoms with Crippen LogP contribution in [0.5, 0.6) is 5.88 Å². The van der Waals surface area contributed by atoms with Gasteiger partial charge in [-0.25, -0.2) is 9.78 Å². The van der Waals surface area contributed by atoms with Crippen molar-refractivity contribution in [3.05, 3.63) is 22.8 Å². The van der Waals surface area contributed by atoms with E-state index in [0.717, 1.165) is 11.0 Å². The molecule has 1 fully saturated rings. The molecule has 21 heavy (non-hydrogen) atoms. The number of nitrogens with zero attached hydrogens (tertiary/aromatic N) is 2. The topological polar surface area (TPSA) is 51.7 Å². The second kappa shape index (κ2) is 6.22. The molecule has 2 rings (SSSR count). The first-order valence-corrected chi connectivity index (χ1v) is 7.84. The molecule has 1 aliphatic heterocycles. The predicted molar refractivity (Wildman–Crippen MR) is 83.4 cm³/mol. The molecule has 6 heteroatoms. The van der Waals surface area contributed by atoms with Crippen LogP contribution in [0, 0.1) is 0 Å². The lowest BCUT2D eigenvalue weighted by molar-refractivity contribution is 0.0190. The Morgan fingerprint density at radius 1 is 1.43 bits per heavy atom. The van der Waals surface area contributed by atoms with Crippen LogP contribution in [-0.2, 0) is 4.74 Å². The summed E-state index contributed by atoms with van der Waals surface area (Å²) in [5, 5.41) is 0. The number of hydrogen-bond donors (Lipinski definition) is 0. The van der Waals surface area contributed by atoms with Crippen molar-refractivity contribution in [3.63, 3.8) is 0 Å². The van der Waals surface area contributed by atoms with Crippen LogP contribution in [0.25, 0.3) is 0 Å². The quantitative estimate of drug-likeness (QED) is 0.759. The van der Waals surface area contributed by atoms with E-state index < -0.39 is 5.60 Å². The first kappa shape index (κ1) is 16.1. The lowest BCUT2D eigenvalue weighted by Crippen LogP contribution is -2.42. The van der Waals surface area contributed by atoms with Crippen molar-refractivity contribution >= 4 is 22.0 Å². The van der Waals surface area contributed by atoms with Gasteiger partial charge < -0.3 is 14.4 Å². The SMILES string of the molecule is C[C@H]1[C@@H](Oc2cccc(Br)n2)CCN1C(=O)OC(C)(C)C. The van der Waals surface area contributed by atoms with Crippen LogP contribution in [0.15, 0.2) is 22.8 Å².